The molecular formula is C21H25FN4O2. The van der Waals surface area contributed by atoms with Crippen LogP contribution in [0.1, 0.15) is 29.8 Å². The summed E-state index contributed by atoms with van der Waals surface area (Å²) in [6.07, 6.45) is 1.54. The van der Waals surface area contributed by atoms with Gasteiger partial charge in [-0.25, -0.2) is 9.82 Å². The standard InChI is InChI=1S/C21H25FN4O2/c1-14(2)19(24-20(27)16-7-9-17(22)10-8-16)21(28)25-23-13-15-5-11-18(12-6-15)26(3)4/h5-14,19H,1-4H3,(H,24,27)(H,25,28)/b23-13+. The molecular weight excluding hydrogens is 359 g/mol. The fourth-order valence-corrected chi connectivity index (χ4v) is 2.46. The molecule has 2 amide bonds. The monoisotopic (exact) mass is 384 g/mol. The maximum absolute atomic E-state index is 13.0. The molecule has 2 aromatic rings. The quantitative estimate of drug-likeness (QED) is 0.569. The Morgan fingerprint density at radius 1 is 1.04 bits per heavy atom. The van der Waals surface area contributed by atoms with Gasteiger partial charge in [-0.1, -0.05) is 26.0 Å². The number of halogens is 1. The van der Waals surface area contributed by atoms with Gasteiger partial charge in [0.25, 0.3) is 11.8 Å². The third-order valence-electron chi connectivity index (χ3n) is 4.14. The number of nitrogens with one attached hydrogen (secondary N) is 2. The number of anilines is 1. The molecule has 0 aliphatic heterocycles. The number of hydrogen-bond donors (Lipinski definition) is 2. The maximum atomic E-state index is 13.0. The van der Waals surface area contributed by atoms with Gasteiger partial charge in [0.05, 0.1) is 6.21 Å². The summed E-state index contributed by atoms with van der Waals surface area (Å²) in [5.74, 6) is -1.45. The number of amides is 2. The van der Waals surface area contributed by atoms with Crippen LogP contribution in [0, 0.1) is 11.7 Å². The molecule has 2 rings (SSSR count). The van der Waals surface area contributed by atoms with E-state index in [9.17, 15) is 14.0 Å². The fraction of sp³-hybridized carbons (Fsp3) is 0.286. The van der Waals surface area contributed by atoms with Crippen molar-refractivity contribution in [1.82, 2.24) is 10.7 Å². The first-order chi connectivity index (χ1) is 13.3. The number of carbonyl (C=O) groups is 2. The highest BCUT2D eigenvalue weighted by molar-refractivity contribution is 5.97. The SMILES string of the molecule is CC(C)C(NC(=O)c1ccc(F)cc1)C(=O)N/N=C/c1ccc(N(C)C)cc1. The van der Waals surface area contributed by atoms with Crippen LogP contribution in [0.5, 0.6) is 0 Å². The van der Waals surface area contributed by atoms with Crippen molar-refractivity contribution in [3.8, 4) is 0 Å². The Kier molecular flexibility index (Phi) is 7.26. The van der Waals surface area contributed by atoms with E-state index in [1.165, 1.54) is 30.5 Å². The number of benzene rings is 2. The molecule has 1 atom stereocenters. The first-order valence-corrected chi connectivity index (χ1v) is 8.94. The lowest BCUT2D eigenvalue weighted by Gasteiger charge is -2.20. The first-order valence-electron chi connectivity index (χ1n) is 8.94. The maximum Gasteiger partial charge on any atom is 0.262 e. The van der Waals surface area contributed by atoms with E-state index in [1.54, 1.807) is 0 Å². The molecule has 28 heavy (non-hydrogen) atoms. The Bertz CT molecular complexity index is 830. The minimum Gasteiger partial charge on any atom is -0.378 e. The van der Waals surface area contributed by atoms with Gasteiger partial charge in [-0.15, -0.1) is 0 Å². The van der Waals surface area contributed by atoms with Crippen LogP contribution in [-0.2, 0) is 4.79 Å². The van der Waals surface area contributed by atoms with Crippen molar-refractivity contribution >= 4 is 23.7 Å². The summed E-state index contributed by atoms with van der Waals surface area (Å²) in [4.78, 5) is 26.7. The van der Waals surface area contributed by atoms with Crippen LogP contribution in [0.4, 0.5) is 10.1 Å². The third-order valence-corrected chi connectivity index (χ3v) is 4.14. The zero-order valence-electron chi connectivity index (χ0n) is 16.4. The highest BCUT2D eigenvalue weighted by atomic mass is 19.1. The van der Waals surface area contributed by atoms with Crippen molar-refractivity contribution in [1.29, 1.82) is 0 Å². The molecule has 0 saturated carbocycles. The average molecular weight is 384 g/mol. The molecule has 0 aliphatic carbocycles. The van der Waals surface area contributed by atoms with Crippen molar-refractivity contribution in [2.45, 2.75) is 19.9 Å². The molecule has 0 heterocycles. The van der Waals surface area contributed by atoms with E-state index in [1.807, 2.05) is 57.1 Å². The molecule has 2 N–H and O–H groups in total. The molecule has 7 heteroatoms. The summed E-state index contributed by atoms with van der Waals surface area (Å²) in [6, 6.07) is 12.0. The van der Waals surface area contributed by atoms with Crippen LogP contribution in [0.3, 0.4) is 0 Å². The summed E-state index contributed by atoms with van der Waals surface area (Å²) >= 11 is 0. The highest BCUT2D eigenvalue weighted by Gasteiger charge is 2.24. The summed E-state index contributed by atoms with van der Waals surface area (Å²) < 4.78 is 13.0. The van der Waals surface area contributed by atoms with Crippen molar-refractivity contribution in [3.63, 3.8) is 0 Å². The second kappa shape index (κ2) is 9.64. The van der Waals surface area contributed by atoms with Gasteiger partial charge in [-0.3, -0.25) is 9.59 Å². The van der Waals surface area contributed by atoms with Gasteiger partial charge >= 0.3 is 0 Å². The fourth-order valence-electron chi connectivity index (χ4n) is 2.46. The Hall–Kier alpha value is -3.22. The van der Waals surface area contributed by atoms with E-state index in [0.717, 1.165) is 11.3 Å². The molecule has 148 valence electrons. The van der Waals surface area contributed by atoms with Gasteiger partial charge in [0, 0.05) is 25.3 Å². The molecule has 0 bridgehead atoms. The van der Waals surface area contributed by atoms with E-state index in [4.69, 9.17) is 0 Å². The molecule has 0 aliphatic rings. The minimum atomic E-state index is -0.772. The molecule has 6 nitrogen and oxygen atoms in total. The van der Waals surface area contributed by atoms with Crippen LogP contribution in [0.2, 0.25) is 0 Å². The van der Waals surface area contributed by atoms with Crippen LogP contribution in [0.15, 0.2) is 53.6 Å². The van der Waals surface area contributed by atoms with Crippen LogP contribution >= 0.6 is 0 Å². The van der Waals surface area contributed by atoms with Gasteiger partial charge in [0.2, 0.25) is 0 Å². The molecule has 0 spiro atoms. The van der Waals surface area contributed by atoms with E-state index < -0.39 is 23.7 Å². The lowest BCUT2D eigenvalue weighted by Crippen LogP contribution is -2.48. The van der Waals surface area contributed by atoms with E-state index in [0.29, 0.717) is 0 Å². The van der Waals surface area contributed by atoms with Gasteiger partial charge in [-0.05, 0) is 47.9 Å². The molecule has 0 aromatic heterocycles. The van der Waals surface area contributed by atoms with Crippen LogP contribution in [0.25, 0.3) is 0 Å². The van der Waals surface area contributed by atoms with Crippen LogP contribution in [-0.4, -0.2) is 38.2 Å². The third kappa shape index (κ3) is 5.90. The highest BCUT2D eigenvalue weighted by Crippen LogP contribution is 2.11. The Morgan fingerprint density at radius 3 is 2.18 bits per heavy atom. The summed E-state index contributed by atoms with van der Waals surface area (Å²) in [5, 5.41) is 6.64. The van der Waals surface area contributed by atoms with Gasteiger partial charge < -0.3 is 10.2 Å². The normalized spacial score (nSPS) is 12.1. The average Bonchev–Trinajstić information content (AvgIpc) is 2.66. The minimum absolute atomic E-state index is 0.154. The number of hydrazone groups is 1. The summed E-state index contributed by atoms with van der Waals surface area (Å²) in [7, 11) is 3.91. The number of hydrogen-bond acceptors (Lipinski definition) is 4. The predicted octanol–water partition coefficient (Wildman–Crippen LogP) is 2.80. The van der Waals surface area contributed by atoms with Gasteiger partial charge in [0.1, 0.15) is 11.9 Å². The van der Waals surface area contributed by atoms with Gasteiger partial charge in [-0.2, -0.15) is 5.10 Å². The molecule has 0 fully saturated rings. The zero-order chi connectivity index (χ0) is 20.7. The van der Waals surface area contributed by atoms with E-state index in [-0.39, 0.29) is 11.5 Å². The zero-order valence-corrected chi connectivity index (χ0v) is 16.4. The second-order valence-electron chi connectivity index (χ2n) is 6.92. The van der Waals surface area contributed by atoms with Crippen LogP contribution < -0.4 is 15.6 Å². The van der Waals surface area contributed by atoms with E-state index in [2.05, 4.69) is 15.8 Å². The lowest BCUT2D eigenvalue weighted by molar-refractivity contribution is -0.123. The largest absolute Gasteiger partial charge is 0.378 e. The van der Waals surface area contributed by atoms with Crippen molar-refractivity contribution in [2.75, 3.05) is 19.0 Å². The lowest BCUT2D eigenvalue weighted by atomic mass is 10.0. The summed E-state index contributed by atoms with van der Waals surface area (Å²) in [5.41, 5.74) is 4.64. The van der Waals surface area contributed by atoms with Crippen molar-refractivity contribution in [2.24, 2.45) is 11.0 Å². The number of carbonyl (C=O) groups excluding carboxylic acids is 2. The Morgan fingerprint density at radius 2 is 1.64 bits per heavy atom. The smallest absolute Gasteiger partial charge is 0.262 e. The molecule has 1 unspecified atom stereocenters. The van der Waals surface area contributed by atoms with E-state index >= 15 is 0 Å². The van der Waals surface area contributed by atoms with Gasteiger partial charge in [0.15, 0.2) is 0 Å². The van der Waals surface area contributed by atoms with Crippen molar-refractivity contribution < 1.29 is 14.0 Å². The Balaban J connectivity index is 1.98. The van der Waals surface area contributed by atoms with Crippen molar-refractivity contribution in [3.05, 3.63) is 65.5 Å². The predicted molar refractivity (Wildman–Crippen MR) is 109 cm³/mol. The topological polar surface area (TPSA) is 73.8 Å². The Labute approximate surface area is 164 Å². The molecule has 2 aromatic carbocycles. The molecule has 0 saturated heterocycles. The number of nitrogens with zero attached hydrogens (tertiary/aromatic N) is 2. The second-order valence-corrected chi connectivity index (χ2v) is 6.92. The molecule has 0 radical (unpaired) electrons. The first kappa shape index (κ1) is 21.1. The summed E-state index contributed by atoms with van der Waals surface area (Å²) in [6.45, 7) is 3.64. The number of rotatable bonds is 7.